The second-order valence-corrected chi connectivity index (χ2v) is 5.11. The molecule has 18 heavy (non-hydrogen) atoms. The first-order chi connectivity index (χ1) is 8.54. The molecule has 0 saturated heterocycles. The molecule has 1 rings (SSSR count). The number of hydrogen-bond acceptors (Lipinski definition) is 3. The lowest BCUT2D eigenvalue weighted by Gasteiger charge is -2.30. The predicted molar refractivity (Wildman–Crippen MR) is 76.9 cm³/mol. The first-order valence-electron chi connectivity index (χ1n) is 6.72. The van der Waals surface area contributed by atoms with Crippen LogP contribution in [0.3, 0.4) is 0 Å². The molecular weight excluding hydrogens is 224 g/mol. The van der Waals surface area contributed by atoms with Crippen LogP contribution >= 0.6 is 0 Å². The van der Waals surface area contributed by atoms with Crippen LogP contribution in [0.25, 0.3) is 0 Å². The fourth-order valence-electron chi connectivity index (χ4n) is 2.11. The third-order valence-corrected chi connectivity index (χ3v) is 3.25. The molecule has 0 aliphatic rings. The van der Waals surface area contributed by atoms with Crippen LogP contribution in [0.4, 0.5) is 0 Å². The zero-order chi connectivity index (χ0) is 13.5. The summed E-state index contributed by atoms with van der Waals surface area (Å²) in [5.41, 5.74) is 1.18. The van der Waals surface area contributed by atoms with Crippen molar-refractivity contribution in [3.63, 3.8) is 0 Å². The lowest BCUT2D eigenvalue weighted by atomic mass is 10.1. The van der Waals surface area contributed by atoms with E-state index in [1.165, 1.54) is 5.56 Å². The van der Waals surface area contributed by atoms with Crippen molar-refractivity contribution >= 4 is 0 Å². The maximum atomic E-state index is 9.57. The minimum atomic E-state index is 0.344. The highest BCUT2D eigenvalue weighted by Crippen LogP contribution is 2.23. The standard InChI is InChI=1S/C15H26N2O/c1-5-9-17(11-10-16(3)4)13(2)14-7-6-8-15(18)12-14/h6-8,12-13,18H,5,9-11H2,1-4H3. The number of phenolic OH excluding ortho intramolecular Hbond substituents is 1. The average molecular weight is 250 g/mol. The van der Waals surface area contributed by atoms with Gasteiger partial charge in [0.25, 0.3) is 0 Å². The van der Waals surface area contributed by atoms with Gasteiger partial charge in [0.05, 0.1) is 0 Å². The van der Waals surface area contributed by atoms with Crippen molar-refractivity contribution < 1.29 is 5.11 Å². The molecule has 102 valence electrons. The summed E-state index contributed by atoms with van der Waals surface area (Å²) in [6.07, 6.45) is 1.15. The van der Waals surface area contributed by atoms with Gasteiger partial charge in [0, 0.05) is 19.1 Å². The normalized spacial score (nSPS) is 13.2. The van der Waals surface area contributed by atoms with Gasteiger partial charge in [-0.25, -0.2) is 0 Å². The minimum Gasteiger partial charge on any atom is -0.508 e. The van der Waals surface area contributed by atoms with Gasteiger partial charge in [-0.3, -0.25) is 4.90 Å². The smallest absolute Gasteiger partial charge is 0.115 e. The maximum Gasteiger partial charge on any atom is 0.115 e. The van der Waals surface area contributed by atoms with Crippen LogP contribution < -0.4 is 0 Å². The molecule has 1 unspecified atom stereocenters. The highest BCUT2D eigenvalue weighted by Gasteiger charge is 2.15. The van der Waals surface area contributed by atoms with Crippen molar-refractivity contribution in [2.75, 3.05) is 33.7 Å². The molecule has 1 atom stereocenters. The van der Waals surface area contributed by atoms with Crippen molar-refractivity contribution in [2.24, 2.45) is 0 Å². The molecule has 0 fully saturated rings. The number of benzene rings is 1. The van der Waals surface area contributed by atoms with Gasteiger partial charge in [0.1, 0.15) is 5.75 Å². The second kappa shape index (κ2) is 7.39. The third kappa shape index (κ3) is 4.67. The van der Waals surface area contributed by atoms with Gasteiger partial charge < -0.3 is 10.0 Å². The highest BCUT2D eigenvalue weighted by atomic mass is 16.3. The van der Waals surface area contributed by atoms with E-state index in [0.29, 0.717) is 11.8 Å². The van der Waals surface area contributed by atoms with Crippen LogP contribution in [0.1, 0.15) is 31.9 Å². The molecule has 0 aliphatic heterocycles. The van der Waals surface area contributed by atoms with Crippen molar-refractivity contribution in [1.82, 2.24) is 9.80 Å². The number of likely N-dealkylation sites (N-methyl/N-ethyl adjacent to an activating group) is 1. The first kappa shape index (κ1) is 15.0. The summed E-state index contributed by atoms with van der Waals surface area (Å²) >= 11 is 0. The Morgan fingerprint density at radius 2 is 1.89 bits per heavy atom. The van der Waals surface area contributed by atoms with Crippen LogP contribution in [0, 0.1) is 0 Å². The average Bonchev–Trinajstić information content (AvgIpc) is 2.33. The lowest BCUT2D eigenvalue weighted by molar-refractivity contribution is 0.189. The van der Waals surface area contributed by atoms with E-state index >= 15 is 0 Å². The molecule has 0 bridgehead atoms. The quantitative estimate of drug-likeness (QED) is 0.806. The topological polar surface area (TPSA) is 26.7 Å². The third-order valence-electron chi connectivity index (χ3n) is 3.25. The Morgan fingerprint density at radius 3 is 2.44 bits per heavy atom. The van der Waals surface area contributed by atoms with Crippen molar-refractivity contribution in [3.8, 4) is 5.75 Å². The monoisotopic (exact) mass is 250 g/mol. The molecule has 3 heteroatoms. The van der Waals surface area contributed by atoms with E-state index in [4.69, 9.17) is 0 Å². The number of hydrogen-bond donors (Lipinski definition) is 1. The molecule has 0 saturated carbocycles. The van der Waals surface area contributed by atoms with E-state index in [1.807, 2.05) is 12.1 Å². The molecule has 0 aliphatic carbocycles. The van der Waals surface area contributed by atoms with Gasteiger partial charge >= 0.3 is 0 Å². The zero-order valence-electron chi connectivity index (χ0n) is 12.1. The SMILES string of the molecule is CCCN(CCN(C)C)C(C)c1cccc(O)c1. The highest BCUT2D eigenvalue weighted by molar-refractivity contribution is 5.29. The van der Waals surface area contributed by atoms with E-state index in [2.05, 4.69) is 43.8 Å². The van der Waals surface area contributed by atoms with Crippen LogP contribution in [0.2, 0.25) is 0 Å². The largest absolute Gasteiger partial charge is 0.508 e. The Kier molecular flexibility index (Phi) is 6.16. The molecule has 0 radical (unpaired) electrons. The Hall–Kier alpha value is -1.06. The van der Waals surface area contributed by atoms with Gasteiger partial charge in [-0.1, -0.05) is 19.1 Å². The van der Waals surface area contributed by atoms with Gasteiger partial charge in [-0.15, -0.1) is 0 Å². The van der Waals surface area contributed by atoms with E-state index in [1.54, 1.807) is 6.07 Å². The van der Waals surface area contributed by atoms with Gasteiger partial charge in [0.15, 0.2) is 0 Å². The Morgan fingerprint density at radius 1 is 1.17 bits per heavy atom. The van der Waals surface area contributed by atoms with Gasteiger partial charge in [-0.2, -0.15) is 0 Å². The summed E-state index contributed by atoms with van der Waals surface area (Å²) in [6.45, 7) is 7.61. The molecule has 3 nitrogen and oxygen atoms in total. The lowest BCUT2D eigenvalue weighted by Crippen LogP contribution is -2.34. The molecule has 0 aromatic heterocycles. The van der Waals surface area contributed by atoms with Crippen molar-refractivity contribution in [2.45, 2.75) is 26.3 Å². The molecule has 0 spiro atoms. The Labute approximate surface area is 111 Å². The fourth-order valence-corrected chi connectivity index (χ4v) is 2.11. The van der Waals surface area contributed by atoms with E-state index in [9.17, 15) is 5.11 Å². The summed E-state index contributed by atoms with van der Waals surface area (Å²) in [5, 5.41) is 9.57. The Bertz CT molecular complexity index is 352. The summed E-state index contributed by atoms with van der Waals surface area (Å²) in [5.74, 6) is 0.350. The second-order valence-electron chi connectivity index (χ2n) is 5.11. The van der Waals surface area contributed by atoms with Crippen LogP contribution in [-0.2, 0) is 0 Å². The van der Waals surface area contributed by atoms with Crippen molar-refractivity contribution in [3.05, 3.63) is 29.8 Å². The van der Waals surface area contributed by atoms with Crippen LogP contribution in [0.5, 0.6) is 5.75 Å². The van der Waals surface area contributed by atoms with E-state index < -0.39 is 0 Å². The molecule has 1 aromatic carbocycles. The fraction of sp³-hybridized carbons (Fsp3) is 0.600. The molecule has 1 aromatic rings. The van der Waals surface area contributed by atoms with E-state index in [-0.39, 0.29) is 0 Å². The molecule has 1 N–H and O–H groups in total. The summed E-state index contributed by atoms with van der Waals surface area (Å²) in [4.78, 5) is 4.67. The predicted octanol–water partition coefficient (Wildman–Crippen LogP) is 2.73. The van der Waals surface area contributed by atoms with Crippen molar-refractivity contribution in [1.29, 1.82) is 0 Å². The van der Waals surface area contributed by atoms with Crippen LogP contribution in [0.15, 0.2) is 24.3 Å². The first-order valence-corrected chi connectivity index (χ1v) is 6.72. The minimum absolute atomic E-state index is 0.344. The molecule has 0 heterocycles. The van der Waals surface area contributed by atoms with E-state index in [0.717, 1.165) is 26.1 Å². The molecule has 0 amide bonds. The number of nitrogens with zero attached hydrogens (tertiary/aromatic N) is 2. The molecular formula is C15H26N2O. The number of rotatable bonds is 7. The Balaban J connectivity index is 2.71. The zero-order valence-corrected chi connectivity index (χ0v) is 12.1. The summed E-state index contributed by atoms with van der Waals surface area (Å²) in [7, 11) is 4.20. The van der Waals surface area contributed by atoms with Crippen LogP contribution in [-0.4, -0.2) is 48.6 Å². The van der Waals surface area contributed by atoms with Gasteiger partial charge in [-0.05, 0) is 51.7 Å². The maximum absolute atomic E-state index is 9.57. The summed E-state index contributed by atoms with van der Waals surface area (Å²) in [6, 6.07) is 7.93. The number of phenols is 1. The number of aromatic hydroxyl groups is 1. The summed E-state index contributed by atoms with van der Waals surface area (Å²) < 4.78 is 0. The van der Waals surface area contributed by atoms with Gasteiger partial charge in [0.2, 0.25) is 0 Å².